The second-order valence-electron chi connectivity index (χ2n) is 13.8. The lowest BCUT2D eigenvalue weighted by molar-refractivity contribution is 1.18. The maximum absolute atomic E-state index is 2.43. The quantitative estimate of drug-likeness (QED) is 0.162. The molecule has 254 valence electrons. The molecule has 1 aromatic heterocycles. The fraction of sp³-hybridized carbons (Fsp3) is 0. The summed E-state index contributed by atoms with van der Waals surface area (Å²) in [5, 5.41) is 4.86. The van der Waals surface area contributed by atoms with E-state index >= 15 is 0 Å². The van der Waals surface area contributed by atoms with E-state index in [1.807, 2.05) is 0 Å². The first kappa shape index (κ1) is 31.6. The van der Waals surface area contributed by atoms with Gasteiger partial charge in [-0.1, -0.05) is 158 Å². The van der Waals surface area contributed by atoms with E-state index in [2.05, 4.69) is 228 Å². The van der Waals surface area contributed by atoms with Crippen LogP contribution in [-0.2, 0) is 0 Å². The van der Waals surface area contributed by atoms with Gasteiger partial charge in [0, 0.05) is 33.4 Å². The largest absolute Gasteiger partial charge is 0.310 e. The molecule has 0 atom stereocenters. The molecular formula is C52H36N2. The smallest absolute Gasteiger partial charge is 0.0547 e. The Labute approximate surface area is 315 Å². The number of nitrogens with zero attached hydrogens (tertiary/aromatic N) is 2. The van der Waals surface area contributed by atoms with Gasteiger partial charge in [-0.3, -0.25) is 0 Å². The third-order valence-corrected chi connectivity index (χ3v) is 10.6. The van der Waals surface area contributed by atoms with Crippen LogP contribution in [0.2, 0.25) is 0 Å². The highest BCUT2D eigenvalue weighted by Gasteiger charge is 2.21. The van der Waals surface area contributed by atoms with Crippen LogP contribution >= 0.6 is 0 Å². The van der Waals surface area contributed by atoms with E-state index < -0.39 is 0 Å². The van der Waals surface area contributed by atoms with Crippen molar-refractivity contribution >= 4 is 49.6 Å². The molecule has 0 fully saturated rings. The number of fused-ring (bicyclic) bond motifs is 4. The molecule has 0 aliphatic heterocycles. The van der Waals surface area contributed by atoms with Gasteiger partial charge < -0.3 is 9.47 Å². The lowest BCUT2D eigenvalue weighted by Gasteiger charge is -2.28. The van der Waals surface area contributed by atoms with E-state index in [4.69, 9.17) is 0 Å². The van der Waals surface area contributed by atoms with Gasteiger partial charge in [-0.2, -0.15) is 0 Å². The third-order valence-electron chi connectivity index (χ3n) is 10.6. The van der Waals surface area contributed by atoms with Crippen LogP contribution in [-0.4, -0.2) is 4.57 Å². The molecule has 0 aliphatic rings. The van der Waals surface area contributed by atoms with Crippen molar-refractivity contribution in [3.63, 3.8) is 0 Å². The van der Waals surface area contributed by atoms with Gasteiger partial charge in [0.25, 0.3) is 0 Å². The van der Waals surface area contributed by atoms with Crippen LogP contribution in [0.1, 0.15) is 0 Å². The monoisotopic (exact) mass is 688 g/mol. The van der Waals surface area contributed by atoms with E-state index in [0.29, 0.717) is 0 Å². The van der Waals surface area contributed by atoms with Gasteiger partial charge >= 0.3 is 0 Å². The normalized spacial score (nSPS) is 11.3. The number of hydrogen-bond acceptors (Lipinski definition) is 1. The molecule has 10 rings (SSSR count). The zero-order chi connectivity index (χ0) is 35.8. The van der Waals surface area contributed by atoms with E-state index in [1.165, 1.54) is 66.0 Å². The Hall–Kier alpha value is -7.16. The summed E-state index contributed by atoms with van der Waals surface area (Å²) in [7, 11) is 0. The Kier molecular flexibility index (Phi) is 7.85. The Morgan fingerprint density at radius 1 is 0.333 bits per heavy atom. The highest BCUT2D eigenvalue weighted by Crippen LogP contribution is 2.45. The van der Waals surface area contributed by atoms with Crippen LogP contribution in [0.25, 0.3) is 71.6 Å². The van der Waals surface area contributed by atoms with Crippen LogP contribution in [0.3, 0.4) is 0 Å². The van der Waals surface area contributed by atoms with Crippen molar-refractivity contribution in [2.75, 3.05) is 4.90 Å². The molecule has 0 aliphatic carbocycles. The van der Waals surface area contributed by atoms with Crippen molar-refractivity contribution < 1.29 is 0 Å². The summed E-state index contributed by atoms with van der Waals surface area (Å²) in [6, 6.07) is 78.9. The summed E-state index contributed by atoms with van der Waals surface area (Å²) in [5.41, 5.74) is 14.1. The number of para-hydroxylation sites is 2. The topological polar surface area (TPSA) is 8.17 Å². The van der Waals surface area contributed by atoms with Gasteiger partial charge in [0.05, 0.1) is 16.7 Å². The first-order chi connectivity index (χ1) is 26.8. The summed E-state index contributed by atoms with van der Waals surface area (Å²) in [6.07, 6.45) is 0. The minimum absolute atomic E-state index is 1.10. The zero-order valence-corrected chi connectivity index (χ0v) is 29.7. The molecule has 0 amide bonds. The molecule has 0 N–H and O–H groups in total. The molecule has 0 saturated heterocycles. The van der Waals surface area contributed by atoms with Crippen LogP contribution < -0.4 is 4.90 Å². The van der Waals surface area contributed by atoms with E-state index in [0.717, 1.165) is 22.7 Å². The molecule has 0 spiro atoms. The molecular weight excluding hydrogens is 653 g/mol. The van der Waals surface area contributed by atoms with Gasteiger partial charge in [0.1, 0.15) is 0 Å². The summed E-state index contributed by atoms with van der Waals surface area (Å²) < 4.78 is 2.41. The van der Waals surface area contributed by atoms with E-state index in [-0.39, 0.29) is 0 Å². The van der Waals surface area contributed by atoms with Crippen molar-refractivity contribution in [3.05, 3.63) is 218 Å². The van der Waals surface area contributed by atoms with Crippen LogP contribution in [0, 0.1) is 0 Å². The fourth-order valence-corrected chi connectivity index (χ4v) is 8.05. The van der Waals surface area contributed by atoms with Gasteiger partial charge in [0.15, 0.2) is 0 Å². The zero-order valence-electron chi connectivity index (χ0n) is 29.7. The fourth-order valence-electron chi connectivity index (χ4n) is 8.05. The van der Waals surface area contributed by atoms with Crippen LogP contribution in [0.15, 0.2) is 218 Å². The summed E-state index contributed by atoms with van der Waals surface area (Å²) in [4.78, 5) is 2.43. The molecule has 2 heteroatoms. The van der Waals surface area contributed by atoms with Crippen molar-refractivity contribution in [3.8, 4) is 39.1 Å². The number of anilines is 3. The maximum Gasteiger partial charge on any atom is 0.0547 e. The first-order valence-electron chi connectivity index (χ1n) is 18.5. The molecule has 9 aromatic carbocycles. The predicted octanol–water partition coefficient (Wildman–Crippen LogP) is 14.4. The van der Waals surface area contributed by atoms with E-state index in [9.17, 15) is 0 Å². The van der Waals surface area contributed by atoms with Gasteiger partial charge in [-0.25, -0.2) is 0 Å². The number of rotatable bonds is 7. The highest BCUT2D eigenvalue weighted by molar-refractivity contribution is 6.17. The minimum atomic E-state index is 1.10. The molecule has 10 aromatic rings. The molecule has 0 bridgehead atoms. The average Bonchev–Trinajstić information content (AvgIpc) is 3.59. The molecule has 1 heterocycles. The molecule has 54 heavy (non-hydrogen) atoms. The van der Waals surface area contributed by atoms with E-state index in [1.54, 1.807) is 0 Å². The Balaban J connectivity index is 1.23. The summed E-state index contributed by atoms with van der Waals surface area (Å²) >= 11 is 0. The second-order valence-corrected chi connectivity index (χ2v) is 13.8. The SMILES string of the molecule is c1ccc(-c2ccc3cc(N(c4ccc5c(c4)c4c(-c6ccccc6)cccc4n5-c4ccccc4)c4ccccc4-c4ccccc4)ccc3c2)cc1. The summed E-state index contributed by atoms with van der Waals surface area (Å²) in [5.74, 6) is 0. The van der Waals surface area contributed by atoms with Crippen molar-refractivity contribution in [2.24, 2.45) is 0 Å². The summed E-state index contributed by atoms with van der Waals surface area (Å²) in [6.45, 7) is 0. The van der Waals surface area contributed by atoms with Gasteiger partial charge in [-0.15, -0.1) is 0 Å². The van der Waals surface area contributed by atoms with Crippen LogP contribution in [0.4, 0.5) is 17.1 Å². The average molecular weight is 689 g/mol. The van der Waals surface area contributed by atoms with Gasteiger partial charge in [0.2, 0.25) is 0 Å². The minimum Gasteiger partial charge on any atom is -0.310 e. The standard InChI is InChI=1S/C52H36N2/c1-5-16-37(17-6-1)40-28-29-42-35-44(31-30-41(42)34-40)53(49-26-14-13-24-46(49)38-18-7-2-8-19-38)45-32-33-50-48(36-45)52-47(39-20-9-3-10-21-39)25-15-27-51(52)54(50)43-22-11-4-12-23-43/h1-36H. The van der Waals surface area contributed by atoms with Gasteiger partial charge in [-0.05, 0) is 99.3 Å². The van der Waals surface area contributed by atoms with Crippen molar-refractivity contribution in [1.29, 1.82) is 0 Å². The number of hydrogen-bond donors (Lipinski definition) is 0. The molecule has 0 saturated carbocycles. The third kappa shape index (κ3) is 5.53. The lowest BCUT2D eigenvalue weighted by Crippen LogP contribution is -2.11. The Bertz CT molecular complexity index is 2910. The highest BCUT2D eigenvalue weighted by atomic mass is 15.1. The number of benzene rings is 9. The maximum atomic E-state index is 2.43. The first-order valence-corrected chi connectivity index (χ1v) is 18.5. The van der Waals surface area contributed by atoms with Crippen molar-refractivity contribution in [2.45, 2.75) is 0 Å². The van der Waals surface area contributed by atoms with Crippen molar-refractivity contribution in [1.82, 2.24) is 4.57 Å². The van der Waals surface area contributed by atoms with Crippen LogP contribution in [0.5, 0.6) is 0 Å². The predicted molar refractivity (Wildman–Crippen MR) is 229 cm³/mol. The molecule has 0 radical (unpaired) electrons. The Morgan fingerprint density at radius 2 is 0.889 bits per heavy atom. The molecule has 2 nitrogen and oxygen atoms in total. The number of aromatic nitrogens is 1. The Morgan fingerprint density at radius 3 is 1.63 bits per heavy atom. The molecule has 0 unspecified atom stereocenters. The lowest BCUT2D eigenvalue weighted by atomic mass is 9.98. The second kappa shape index (κ2) is 13.4.